The zero-order valence-corrected chi connectivity index (χ0v) is 14.8. The maximum absolute atomic E-state index is 13.3. The van der Waals surface area contributed by atoms with E-state index in [1.54, 1.807) is 0 Å². The third-order valence-electron chi connectivity index (χ3n) is 2.87. The van der Waals surface area contributed by atoms with Crippen LogP contribution in [0.5, 0.6) is 5.88 Å². The van der Waals surface area contributed by atoms with Crippen LogP contribution in [0, 0.1) is 0 Å². The molecule has 2 rings (SSSR count). The molecule has 124 valence electrons. The number of methoxy groups -OCH3 is 1. The third kappa shape index (κ3) is 3.44. The van der Waals surface area contributed by atoms with Crippen molar-refractivity contribution in [3.8, 4) is 17.0 Å². The summed E-state index contributed by atoms with van der Waals surface area (Å²) in [6.07, 6.45) is -4.10. The summed E-state index contributed by atoms with van der Waals surface area (Å²) in [5.74, 6) is -0.0673. The molecule has 0 N–H and O–H groups in total. The Balaban J connectivity index is 2.92. The van der Waals surface area contributed by atoms with E-state index in [0.717, 1.165) is 6.07 Å². The molecule has 2 aromatic rings. The minimum Gasteiger partial charge on any atom is -0.481 e. The average Bonchev–Trinajstić information content (AvgIpc) is 2.50. The van der Waals surface area contributed by atoms with Crippen molar-refractivity contribution in [2.45, 2.75) is 6.18 Å². The van der Waals surface area contributed by atoms with Gasteiger partial charge >= 0.3 is 6.18 Å². The number of rotatable bonds is 2. The number of alkyl halides is 3. The zero-order chi connectivity index (χ0) is 17.5. The van der Waals surface area contributed by atoms with Crippen LogP contribution in [-0.4, -0.2) is 12.1 Å². The molecular weight excluding hydrogens is 420 g/mol. The summed E-state index contributed by atoms with van der Waals surface area (Å²) in [5.41, 5.74) is -1.66. The lowest BCUT2D eigenvalue weighted by Gasteiger charge is -2.17. The minimum absolute atomic E-state index is 0.0673. The molecule has 1 aromatic carbocycles. The molecule has 0 fully saturated rings. The highest BCUT2D eigenvalue weighted by atomic mass is 35.5. The fourth-order valence-electron chi connectivity index (χ4n) is 1.82. The number of aromatic nitrogens is 1. The van der Waals surface area contributed by atoms with Crippen molar-refractivity contribution < 1.29 is 17.9 Å². The van der Waals surface area contributed by atoms with E-state index in [1.807, 2.05) is 0 Å². The number of hydrogen-bond donors (Lipinski definition) is 0. The van der Waals surface area contributed by atoms with E-state index in [9.17, 15) is 13.2 Å². The first-order valence-corrected chi connectivity index (χ1v) is 7.61. The highest BCUT2D eigenvalue weighted by Gasteiger charge is 2.36. The van der Waals surface area contributed by atoms with Crippen LogP contribution in [-0.2, 0) is 6.18 Å². The molecule has 1 aromatic heterocycles. The van der Waals surface area contributed by atoms with E-state index < -0.39 is 11.7 Å². The lowest BCUT2D eigenvalue weighted by atomic mass is 10.0. The van der Waals surface area contributed by atoms with Gasteiger partial charge in [-0.2, -0.15) is 13.2 Å². The molecule has 0 amide bonds. The van der Waals surface area contributed by atoms with Crippen LogP contribution < -0.4 is 4.74 Å². The van der Waals surface area contributed by atoms with E-state index >= 15 is 0 Å². The Labute approximate surface area is 154 Å². The summed E-state index contributed by atoms with van der Waals surface area (Å²) in [4.78, 5) is 3.55. The normalized spacial score (nSPS) is 11.7. The van der Waals surface area contributed by atoms with Crippen LogP contribution in [0.3, 0.4) is 0 Å². The Morgan fingerprint density at radius 2 is 1.39 bits per heavy atom. The Morgan fingerprint density at radius 1 is 0.913 bits per heavy atom. The highest BCUT2D eigenvalue weighted by Crippen LogP contribution is 2.50. The molecule has 0 unspecified atom stereocenters. The lowest BCUT2D eigenvalue weighted by molar-refractivity contribution is -0.137. The first-order chi connectivity index (χ1) is 10.6. The topological polar surface area (TPSA) is 22.1 Å². The second kappa shape index (κ2) is 6.73. The van der Waals surface area contributed by atoms with E-state index in [0.29, 0.717) is 6.20 Å². The van der Waals surface area contributed by atoms with Gasteiger partial charge in [0, 0.05) is 23.4 Å². The fourth-order valence-corrected chi connectivity index (χ4v) is 3.16. The van der Waals surface area contributed by atoms with Gasteiger partial charge in [0.15, 0.2) is 0 Å². The van der Waals surface area contributed by atoms with Gasteiger partial charge in [0.25, 0.3) is 0 Å². The monoisotopic (exact) mass is 423 g/mol. The fraction of sp³-hybridized carbons (Fsp3) is 0.154. The number of pyridine rings is 1. The second-order valence-electron chi connectivity index (χ2n) is 4.21. The Kier molecular flexibility index (Phi) is 5.48. The van der Waals surface area contributed by atoms with Crippen molar-refractivity contribution in [3.63, 3.8) is 0 Å². The van der Waals surface area contributed by atoms with Crippen LogP contribution in [0.25, 0.3) is 11.1 Å². The molecule has 0 bridgehead atoms. The van der Waals surface area contributed by atoms with Crippen molar-refractivity contribution >= 4 is 58.0 Å². The molecule has 2 nitrogen and oxygen atoms in total. The van der Waals surface area contributed by atoms with Gasteiger partial charge in [-0.05, 0) is 0 Å². The molecular formula is C13H5Cl5F3NO. The summed E-state index contributed by atoms with van der Waals surface area (Å²) in [7, 11) is 1.25. The van der Waals surface area contributed by atoms with Gasteiger partial charge in [0.1, 0.15) is 0 Å². The Morgan fingerprint density at radius 3 is 1.83 bits per heavy atom. The van der Waals surface area contributed by atoms with E-state index in [-0.39, 0.29) is 42.1 Å². The molecule has 10 heteroatoms. The van der Waals surface area contributed by atoms with Crippen LogP contribution in [0.15, 0.2) is 12.3 Å². The molecule has 0 aliphatic carbocycles. The zero-order valence-electron chi connectivity index (χ0n) is 11.0. The van der Waals surface area contributed by atoms with Crippen LogP contribution in [0.1, 0.15) is 5.56 Å². The molecule has 0 saturated carbocycles. The van der Waals surface area contributed by atoms with Gasteiger partial charge in [-0.15, -0.1) is 0 Å². The lowest BCUT2D eigenvalue weighted by Crippen LogP contribution is -2.09. The van der Waals surface area contributed by atoms with Crippen molar-refractivity contribution in [3.05, 3.63) is 42.9 Å². The van der Waals surface area contributed by atoms with Crippen LogP contribution >= 0.6 is 58.0 Å². The number of hydrogen-bond acceptors (Lipinski definition) is 2. The summed E-state index contributed by atoms with van der Waals surface area (Å²) >= 11 is 29.8. The summed E-state index contributed by atoms with van der Waals surface area (Å²) in [6, 6.07) is 1.04. The Bertz CT molecular complexity index is 750. The van der Waals surface area contributed by atoms with Gasteiger partial charge in [0.05, 0.1) is 37.8 Å². The average molecular weight is 425 g/mol. The second-order valence-corrected chi connectivity index (χ2v) is 6.10. The maximum Gasteiger partial charge on any atom is 0.418 e. The molecule has 0 radical (unpaired) electrons. The number of nitrogens with zero attached hydrogens (tertiary/aromatic N) is 1. The first kappa shape index (κ1) is 18.7. The van der Waals surface area contributed by atoms with Crippen molar-refractivity contribution in [2.24, 2.45) is 0 Å². The van der Waals surface area contributed by atoms with Crippen LogP contribution in [0.2, 0.25) is 25.1 Å². The van der Waals surface area contributed by atoms with E-state index in [2.05, 4.69) is 4.98 Å². The van der Waals surface area contributed by atoms with Crippen LogP contribution in [0.4, 0.5) is 13.2 Å². The number of benzene rings is 1. The molecule has 23 heavy (non-hydrogen) atoms. The summed E-state index contributed by atoms with van der Waals surface area (Å²) < 4.78 is 44.6. The number of halogens is 8. The molecule has 0 aliphatic heterocycles. The summed E-state index contributed by atoms with van der Waals surface area (Å²) in [6.45, 7) is 0. The molecule has 0 spiro atoms. The van der Waals surface area contributed by atoms with Gasteiger partial charge in [-0.1, -0.05) is 58.0 Å². The Hall–Kier alpha value is -0.590. The molecule has 0 atom stereocenters. The predicted molar refractivity (Wildman–Crippen MR) is 86.3 cm³/mol. The van der Waals surface area contributed by atoms with Gasteiger partial charge in [-0.3, -0.25) is 0 Å². The molecule has 0 saturated heterocycles. The van der Waals surface area contributed by atoms with Gasteiger partial charge in [-0.25, -0.2) is 4.98 Å². The molecule has 0 aliphatic rings. The standard InChI is InChI=1S/C13H5Cl5F3NO/c1-23-6-2-4(5(3-22-6)13(19,20)21)7-8(14)10(16)12(18)11(17)9(7)15/h2-3H,1H3. The summed E-state index contributed by atoms with van der Waals surface area (Å²) in [5, 5.41) is -1.08. The van der Waals surface area contributed by atoms with Crippen molar-refractivity contribution in [1.82, 2.24) is 4.98 Å². The maximum atomic E-state index is 13.3. The third-order valence-corrected chi connectivity index (χ3v) is 5.15. The van der Waals surface area contributed by atoms with Crippen molar-refractivity contribution in [2.75, 3.05) is 7.11 Å². The smallest absolute Gasteiger partial charge is 0.418 e. The van der Waals surface area contributed by atoms with Crippen molar-refractivity contribution in [1.29, 1.82) is 0 Å². The van der Waals surface area contributed by atoms with E-state index in [4.69, 9.17) is 62.7 Å². The number of ether oxygens (including phenoxy) is 1. The first-order valence-electron chi connectivity index (χ1n) is 5.72. The highest BCUT2D eigenvalue weighted by molar-refractivity contribution is 6.56. The van der Waals surface area contributed by atoms with Gasteiger partial charge < -0.3 is 4.74 Å². The SMILES string of the molecule is COc1cc(-c2c(Cl)c(Cl)c(Cl)c(Cl)c2Cl)c(C(F)(F)F)cn1. The quantitative estimate of drug-likeness (QED) is 0.380. The largest absolute Gasteiger partial charge is 0.481 e. The van der Waals surface area contributed by atoms with Gasteiger partial charge in [0.2, 0.25) is 5.88 Å². The predicted octanol–water partition coefficient (Wildman–Crippen LogP) is 7.04. The molecule has 1 heterocycles. The minimum atomic E-state index is -4.71. The van der Waals surface area contributed by atoms with E-state index in [1.165, 1.54) is 7.11 Å².